The SMILES string of the molecule is O=C(CSc1nc2c(=O)n3cc(-c4ccccc4)[nH]c3nc2n1CC1(O)COC2COP(S)OC21)Nc1ccccc1. The Labute approximate surface area is 249 Å². The van der Waals surface area contributed by atoms with Gasteiger partial charge in [0.05, 0.1) is 31.2 Å². The van der Waals surface area contributed by atoms with E-state index in [1.807, 2.05) is 48.5 Å². The molecule has 3 aromatic heterocycles. The molecule has 2 aliphatic heterocycles. The van der Waals surface area contributed by atoms with Gasteiger partial charge in [0.25, 0.3) is 5.56 Å². The first-order valence-corrected chi connectivity index (χ1v) is 16.4. The van der Waals surface area contributed by atoms with Gasteiger partial charge in [-0.1, -0.05) is 72.5 Å². The van der Waals surface area contributed by atoms with Gasteiger partial charge >= 0.3 is 0 Å². The van der Waals surface area contributed by atoms with E-state index in [-0.39, 0.29) is 48.1 Å². The second-order valence-corrected chi connectivity index (χ2v) is 12.9. The predicted octanol–water partition coefficient (Wildman–Crippen LogP) is 3.47. The summed E-state index contributed by atoms with van der Waals surface area (Å²) in [5, 5.41) is 15.0. The zero-order valence-corrected chi connectivity index (χ0v) is 24.5. The van der Waals surface area contributed by atoms with Gasteiger partial charge in [-0.2, -0.15) is 4.98 Å². The summed E-state index contributed by atoms with van der Waals surface area (Å²) >= 11 is 5.47. The molecular weight excluding hydrogens is 599 g/mol. The van der Waals surface area contributed by atoms with Gasteiger partial charge in [0.15, 0.2) is 16.3 Å². The second kappa shape index (κ2) is 11.1. The number of para-hydroxylation sites is 1. The van der Waals surface area contributed by atoms with Crippen molar-refractivity contribution < 1.29 is 23.7 Å². The molecule has 5 aromatic rings. The van der Waals surface area contributed by atoms with Gasteiger partial charge in [-0.3, -0.25) is 9.59 Å². The lowest BCUT2D eigenvalue weighted by atomic mass is 9.96. The minimum atomic E-state index is -1.48. The molecule has 4 atom stereocenters. The Hall–Kier alpha value is -3.23. The number of nitrogens with zero attached hydrogens (tertiary/aromatic N) is 4. The molecule has 0 saturated carbocycles. The highest BCUT2D eigenvalue weighted by molar-refractivity contribution is 8.41. The number of nitrogens with one attached hydrogen (secondary N) is 2. The van der Waals surface area contributed by atoms with Crippen LogP contribution in [0.5, 0.6) is 0 Å². The number of aliphatic hydroxyl groups is 1. The standard InChI is InChI=1S/C27H25N6O6PS2/c34-20(28-17-9-5-2-6-10-17)13-42-26-30-21-23(33(26)14-27(36)15-37-19-12-38-40(41)39-22(19)27)31-25-29-18(11-32(25)24(21)35)16-7-3-1-4-8-16/h1-11,19,22,36,41H,12-15H2,(H,28,34)(H,29,31). The third-order valence-electron chi connectivity index (χ3n) is 7.15. The lowest BCUT2D eigenvalue weighted by molar-refractivity contribution is -0.113. The number of thioether (sulfide) groups is 1. The molecule has 2 saturated heterocycles. The molecule has 2 aromatic carbocycles. The Balaban J connectivity index is 1.27. The molecule has 12 nitrogen and oxygen atoms in total. The van der Waals surface area contributed by atoms with E-state index in [4.69, 9.17) is 18.8 Å². The van der Waals surface area contributed by atoms with E-state index in [9.17, 15) is 14.7 Å². The van der Waals surface area contributed by atoms with Gasteiger partial charge in [0.1, 0.15) is 17.8 Å². The molecule has 3 N–H and O–H groups in total. The van der Waals surface area contributed by atoms with Crippen LogP contribution < -0.4 is 10.9 Å². The lowest BCUT2D eigenvalue weighted by Gasteiger charge is -2.35. The number of thiol groups is 1. The van der Waals surface area contributed by atoms with E-state index >= 15 is 0 Å². The van der Waals surface area contributed by atoms with Crippen molar-refractivity contribution in [1.82, 2.24) is 23.9 Å². The molecule has 4 unspecified atom stereocenters. The molecule has 216 valence electrons. The molecule has 0 radical (unpaired) electrons. The maximum atomic E-state index is 13.7. The molecule has 42 heavy (non-hydrogen) atoms. The van der Waals surface area contributed by atoms with Gasteiger partial charge in [-0.05, 0) is 17.7 Å². The minimum Gasteiger partial charge on any atom is -0.383 e. The number of ether oxygens (including phenoxy) is 1. The summed E-state index contributed by atoms with van der Waals surface area (Å²) in [4.78, 5) is 39.0. The number of amides is 1. The average molecular weight is 625 g/mol. The number of hydrogen-bond acceptors (Lipinski definition) is 10. The molecule has 2 aliphatic rings. The summed E-state index contributed by atoms with van der Waals surface area (Å²) in [6.45, 7) is 0.182. The van der Waals surface area contributed by atoms with Gasteiger partial charge in [0, 0.05) is 11.9 Å². The number of hydrogen-bond donors (Lipinski definition) is 4. The van der Waals surface area contributed by atoms with Crippen LogP contribution in [0, 0.1) is 0 Å². The van der Waals surface area contributed by atoms with Crippen LogP contribution in [0.1, 0.15) is 0 Å². The fraction of sp³-hybridized carbons (Fsp3) is 0.259. The number of rotatable bonds is 7. The summed E-state index contributed by atoms with van der Waals surface area (Å²) in [7, 11) is -1.48. The normalized spacial score (nSPS) is 23.8. The molecule has 0 spiro atoms. The van der Waals surface area contributed by atoms with Crippen molar-refractivity contribution in [2.75, 3.05) is 24.3 Å². The van der Waals surface area contributed by atoms with Crippen LogP contribution in [-0.2, 0) is 25.1 Å². The fourth-order valence-corrected chi connectivity index (χ4v) is 7.31. The topological polar surface area (TPSA) is 145 Å². The number of aromatic nitrogens is 5. The Kier molecular flexibility index (Phi) is 7.31. The van der Waals surface area contributed by atoms with E-state index in [0.29, 0.717) is 16.6 Å². The molecule has 2 fully saturated rings. The maximum Gasteiger partial charge on any atom is 0.287 e. The van der Waals surface area contributed by atoms with E-state index in [1.54, 1.807) is 22.9 Å². The molecule has 5 heterocycles. The van der Waals surface area contributed by atoms with Gasteiger partial charge in [-0.25, -0.2) is 9.38 Å². The van der Waals surface area contributed by atoms with Crippen LogP contribution in [0.15, 0.2) is 76.8 Å². The summed E-state index contributed by atoms with van der Waals surface area (Å²) in [6.07, 6.45) is 0.518. The first-order valence-electron chi connectivity index (χ1n) is 13.1. The third kappa shape index (κ3) is 5.13. The first kappa shape index (κ1) is 27.6. The van der Waals surface area contributed by atoms with Crippen molar-refractivity contribution in [3.8, 4) is 11.3 Å². The van der Waals surface area contributed by atoms with Gasteiger partial charge < -0.3 is 33.8 Å². The van der Waals surface area contributed by atoms with Gasteiger partial charge in [-0.15, -0.1) is 0 Å². The number of imidazole rings is 2. The summed E-state index contributed by atoms with van der Waals surface area (Å²) in [5.41, 5.74) is 0.803. The number of fused-ring (bicyclic) bond motifs is 3. The van der Waals surface area contributed by atoms with E-state index in [2.05, 4.69) is 27.5 Å². The monoisotopic (exact) mass is 624 g/mol. The third-order valence-corrected chi connectivity index (χ3v) is 9.53. The highest BCUT2D eigenvalue weighted by Crippen LogP contribution is 2.52. The zero-order valence-electron chi connectivity index (χ0n) is 21.9. The molecule has 0 aliphatic carbocycles. The predicted molar refractivity (Wildman–Crippen MR) is 162 cm³/mol. The van der Waals surface area contributed by atoms with Crippen LogP contribution in [0.3, 0.4) is 0 Å². The van der Waals surface area contributed by atoms with E-state index in [1.165, 1.54) is 4.40 Å². The van der Waals surface area contributed by atoms with Crippen molar-refractivity contribution >= 4 is 60.1 Å². The first-order chi connectivity index (χ1) is 20.4. The fourth-order valence-electron chi connectivity index (χ4n) is 5.14. The summed E-state index contributed by atoms with van der Waals surface area (Å²) < 4.78 is 20.2. The molecule has 1 amide bonds. The lowest BCUT2D eigenvalue weighted by Crippen LogP contribution is -2.50. The molecule has 15 heteroatoms. The number of H-pyrrole nitrogens is 1. The van der Waals surface area contributed by atoms with Crippen LogP contribution >= 0.6 is 31.6 Å². The van der Waals surface area contributed by atoms with Crippen molar-refractivity contribution in [3.63, 3.8) is 0 Å². The van der Waals surface area contributed by atoms with Crippen LogP contribution in [-0.4, -0.2) is 71.7 Å². The largest absolute Gasteiger partial charge is 0.383 e. The van der Waals surface area contributed by atoms with E-state index in [0.717, 1.165) is 23.0 Å². The molecular formula is C27H25N6O6PS2. The number of carbonyl (C=O) groups is 1. The van der Waals surface area contributed by atoms with Crippen LogP contribution in [0.2, 0.25) is 0 Å². The zero-order chi connectivity index (χ0) is 28.8. The van der Waals surface area contributed by atoms with Crippen molar-refractivity contribution in [1.29, 1.82) is 0 Å². The highest BCUT2D eigenvalue weighted by atomic mass is 32.7. The Morgan fingerprint density at radius 1 is 1.19 bits per heavy atom. The molecule has 0 bridgehead atoms. The second-order valence-electron chi connectivity index (χ2n) is 10.0. The maximum absolute atomic E-state index is 13.7. The van der Waals surface area contributed by atoms with Gasteiger partial charge in [0.2, 0.25) is 19.3 Å². The number of anilines is 1. The Morgan fingerprint density at radius 2 is 1.95 bits per heavy atom. The van der Waals surface area contributed by atoms with Crippen molar-refractivity contribution in [2.45, 2.75) is 29.5 Å². The van der Waals surface area contributed by atoms with Crippen LogP contribution in [0.4, 0.5) is 5.69 Å². The number of carbonyl (C=O) groups excluding carboxylic acids is 1. The summed E-state index contributed by atoms with van der Waals surface area (Å²) in [5.74, 6) is 0.0909. The average Bonchev–Trinajstić information content (AvgIpc) is 3.68. The minimum absolute atomic E-state index is 0.0167. The van der Waals surface area contributed by atoms with Crippen molar-refractivity contribution in [2.24, 2.45) is 0 Å². The van der Waals surface area contributed by atoms with E-state index < -0.39 is 25.4 Å². The number of aromatic amines is 1. The molecule has 7 rings (SSSR count). The quantitative estimate of drug-likeness (QED) is 0.122. The smallest absolute Gasteiger partial charge is 0.287 e. The van der Waals surface area contributed by atoms with Crippen molar-refractivity contribution in [3.05, 3.63) is 77.2 Å². The Bertz CT molecular complexity index is 1830. The highest BCUT2D eigenvalue weighted by Gasteiger charge is 2.53. The Morgan fingerprint density at radius 3 is 2.74 bits per heavy atom. The van der Waals surface area contributed by atoms with Crippen LogP contribution in [0.25, 0.3) is 28.2 Å². The summed E-state index contributed by atoms with van der Waals surface area (Å²) in [6, 6.07) is 18.7. The number of benzene rings is 2.